The maximum Gasteiger partial charge on any atom is 0.253 e. The number of hydrogen-bond donors (Lipinski definition) is 3. The van der Waals surface area contributed by atoms with E-state index >= 15 is 0 Å². The molecule has 0 atom stereocenters. The predicted octanol–water partition coefficient (Wildman–Crippen LogP) is 2.22. The van der Waals surface area contributed by atoms with E-state index in [9.17, 15) is 14.4 Å². The number of aliphatic hydroxyl groups is 1. The van der Waals surface area contributed by atoms with Crippen LogP contribution in [-0.2, 0) is 4.79 Å². The van der Waals surface area contributed by atoms with Gasteiger partial charge >= 0.3 is 0 Å². The summed E-state index contributed by atoms with van der Waals surface area (Å²) in [4.78, 5) is 48.8. The molecular formula is C29H40N6O4. The first-order valence-corrected chi connectivity index (χ1v) is 13.9. The number of nitrogens with zero attached hydrogens (tertiary/aromatic N) is 4. The summed E-state index contributed by atoms with van der Waals surface area (Å²) in [7, 11) is 0. The minimum Gasteiger partial charge on any atom is -0.396 e. The Kier molecular flexibility index (Phi) is 9.75. The Balaban J connectivity index is 1.28. The van der Waals surface area contributed by atoms with Crippen molar-refractivity contribution in [2.75, 3.05) is 62.6 Å². The molecule has 1 aromatic heterocycles. The van der Waals surface area contributed by atoms with Gasteiger partial charge in [0.15, 0.2) is 5.82 Å². The molecule has 2 aliphatic rings. The molecule has 1 aromatic carbocycles. The third kappa shape index (κ3) is 7.26. The maximum atomic E-state index is 13.2. The van der Waals surface area contributed by atoms with E-state index in [-0.39, 0.29) is 30.2 Å². The van der Waals surface area contributed by atoms with Crippen LogP contribution in [0, 0.1) is 5.92 Å². The molecule has 2 saturated heterocycles. The fourth-order valence-electron chi connectivity index (χ4n) is 5.09. The lowest BCUT2D eigenvalue weighted by molar-refractivity contribution is -0.126. The second kappa shape index (κ2) is 13.4. The van der Waals surface area contributed by atoms with Gasteiger partial charge in [-0.2, -0.15) is 0 Å². The molecule has 210 valence electrons. The van der Waals surface area contributed by atoms with E-state index < -0.39 is 0 Å². The normalized spacial score (nSPS) is 16.4. The first kappa shape index (κ1) is 28.4. The average Bonchev–Trinajstić information content (AvgIpc) is 2.97. The number of piperidine rings is 1. The molecule has 0 radical (unpaired) electrons. The summed E-state index contributed by atoms with van der Waals surface area (Å²) < 4.78 is 0. The summed E-state index contributed by atoms with van der Waals surface area (Å²) >= 11 is 0. The summed E-state index contributed by atoms with van der Waals surface area (Å²) in [6.45, 7) is 8.34. The number of benzene rings is 1. The smallest absolute Gasteiger partial charge is 0.253 e. The Morgan fingerprint density at radius 3 is 2.08 bits per heavy atom. The van der Waals surface area contributed by atoms with Crippen molar-refractivity contribution < 1.29 is 19.5 Å². The highest BCUT2D eigenvalue weighted by Crippen LogP contribution is 2.25. The highest BCUT2D eigenvalue weighted by Gasteiger charge is 2.28. The molecule has 3 amide bonds. The van der Waals surface area contributed by atoms with Crippen molar-refractivity contribution in [1.82, 2.24) is 20.1 Å². The number of pyridine rings is 1. The fourth-order valence-corrected chi connectivity index (χ4v) is 5.09. The van der Waals surface area contributed by atoms with Crippen molar-refractivity contribution >= 4 is 29.2 Å². The Hall–Kier alpha value is -3.66. The molecule has 2 fully saturated rings. The van der Waals surface area contributed by atoms with Gasteiger partial charge in [0.2, 0.25) is 5.91 Å². The molecule has 0 saturated carbocycles. The van der Waals surface area contributed by atoms with Crippen LogP contribution in [0.3, 0.4) is 0 Å². The summed E-state index contributed by atoms with van der Waals surface area (Å²) in [5.74, 6) is 0.676. The number of rotatable bonds is 9. The molecule has 39 heavy (non-hydrogen) atoms. The van der Waals surface area contributed by atoms with Crippen LogP contribution in [0.1, 0.15) is 53.8 Å². The minimum absolute atomic E-state index is 0.00746. The first-order chi connectivity index (χ1) is 18.9. The van der Waals surface area contributed by atoms with Gasteiger partial charge in [0, 0.05) is 81.7 Å². The van der Waals surface area contributed by atoms with Gasteiger partial charge in [-0.05, 0) is 69.5 Å². The lowest BCUT2D eigenvalue weighted by Crippen LogP contribution is -2.49. The average molecular weight is 537 g/mol. The number of anilines is 2. The van der Waals surface area contributed by atoms with Crippen molar-refractivity contribution in [3.05, 3.63) is 53.7 Å². The van der Waals surface area contributed by atoms with Gasteiger partial charge in [-0.15, -0.1) is 0 Å². The largest absolute Gasteiger partial charge is 0.396 e. The highest BCUT2D eigenvalue weighted by molar-refractivity contribution is 5.98. The standard InChI is InChI=1S/C29H40N6O4/c1-21(2)32-25-5-3-12-30-26(25)33-16-18-35(19-17-33)29(39)24-8-6-23(7-9-24)28(38)34-14-10-22(11-15-34)27(37)31-13-4-20-36/h3,5-9,12,21-22,32,36H,4,10-11,13-20H2,1-2H3,(H,31,37). The summed E-state index contributed by atoms with van der Waals surface area (Å²) in [6, 6.07) is 11.1. The fraction of sp³-hybridized carbons (Fsp3) is 0.517. The van der Waals surface area contributed by atoms with E-state index in [0.717, 1.165) is 11.5 Å². The van der Waals surface area contributed by atoms with E-state index in [1.54, 1.807) is 35.4 Å². The Labute approximate surface area is 230 Å². The number of hydrogen-bond acceptors (Lipinski definition) is 7. The second-order valence-electron chi connectivity index (χ2n) is 10.5. The SMILES string of the molecule is CC(C)Nc1cccnc1N1CCN(C(=O)c2ccc(C(=O)N3CCC(C(=O)NCCCO)CC3)cc2)CC1. The molecule has 4 rings (SSSR count). The first-order valence-electron chi connectivity index (χ1n) is 13.9. The van der Waals surface area contributed by atoms with E-state index in [1.165, 1.54) is 0 Å². The van der Waals surface area contributed by atoms with Gasteiger partial charge in [-0.1, -0.05) is 0 Å². The monoisotopic (exact) mass is 536 g/mol. The summed E-state index contributed by atoms with van der Waals surface area (Å²) in [6.07, 6.45) is 3.57. The molecule has 0 aliphatic carbocycles. The molecule has 10 nitrogen and oxygen atoms in total. The van der Waals surface area contributed by atoms with Crippen LogP contribution >= 0.6 is 0 Å². The minimum atomic E-state index is -0.107. The van der Waals surface area contributed by atoms with Crippen LogP contribution in [0.2, 0.25) is 0 Å². The molecule has 2 aliphatic heterocycles. The van der Waals surface area contributed by atoms with Crippen molar-refractivity contribution in [3.63, 3.8) is 0 Å². The van der Waals surface area contributed by atoms with Gasteiger partial charge in [0.05, 0.1) is 5.69 Å². The molecule has 0 spiro atoms. The highest BCUT2D eigenvalue weighted by atomic mass is 16.3. The number of piperazine rings is 1. The van der Waals surface area contributed by atoms with E-state index in [4.69, 9.17) is 5.11 Å². The van der Waals surface area contributed by atoms with Crippen molar-refractivity contribution in [3.8, 4) is 0 Å². The number of likely N-dealkylation sites (tertiary alicyclic amines) is 1. The zero-order valence-electron chi connectivity index (χ0n) is 22.9. The lowest BCUT2D eigenvalue weighted by atomic mass is 9.95. The van der Waals surface area contributed by atoms with E-state index in [1.807, 2.05) is 17.0 Å². The third-order valence-corrected chi connectivity index (χ3v) is 7.26. The van der Waals surface area contributed by atoms with Crippen LogP contribution in [0.25, 0.3) is 0 Å². The number of nitrogens with one attached hydrogen (secondary N) is 2. The zero-order chi connectivity index (χ0) is 27.8. The Bertz CT molecular complexity index is 1120. The molecule has 10 heteroatoms. The van der Waals surface area contributed by atoms with E-state index in [2.05, 4.69) is 34.4 Å². The van der Waals surface area contributed by atoms with Crippen LogP contribution in [-0.4, -0.2) is 96.1 Å². The third-order valence-electron chi connectivity index (χ3n) is 7.26. The number of carbonyl (C=O) groups is 3. The van der Waals surface area contributed by atoms with Crippen molar-refractivity contribution in [1.29, 1.82) is 0 Å². The molecule has 3 heterocycles. The van der Waals surface area contributed by atoms with Gasteiger partial charge in [-0.25, -0.2) is 4.98 Å². The number of aromatic nitrogens is 1. The quantitative estimate of drug-likeness (QED) is 0.421. The van der Waals surface area contributed by atoms with Crippen LogP contribution in [0.5, 0.6) is 0 Å². The predicted molar refractivity (Wildman–Crippen MR) is 151 cm³/mol. The molecule has 0 unspecified atom stereocenters. The lowest BCUT2D eigenvalue weighted by Gasteiger charge is -2.36. The van der Waals surface area contributed by atoms with Gasteiger partial charge in [-0.3, -0.25) is 14.4 Å². The van der Waals surface area contributed by atoms with E-state index in [0.29, 0.717) is 82.2 Å². The second-order valence-corrected chi connectivity index (χ2v) is 10.5. The topological polar surface area (TPSA) is 118 Å². The van der Waals surface area contributed by atoms with Crippen LogP contribution in [0.15, 0.2) is 42.6 Å². The number of carbonyl (C=O) groups excluding carboxylic acids is 3. The number of aliphatic hydroxyl groups excluding tert-OH is 1. The molecule has 2 aromatic rings. The molecule has 3 N–H and O–H groups in total. The number of amides is 3. The summed E-state index contributed by atoms with van der Waals surface area (Å²) in [5.41, 5.74) is 2.11. The van der Waals surface area contributed by atoms with Gasteiger partial charge < -0.3 is 30.4 Å². The molecular weight excluding hydrogens is 496 g/mol. The van der Waals surface area contributed by atoms with Gasteiger partial charge in [0.1, 0.15) is 0 Å². The molecule has 0 bridgehead atoms. The van der Waals surface area contributed by atoms with Gasteiger partial charge in [0.25, 0.3) is 11.8 Å². The zero-order valence-corrected chi connectivity index (χ0v) is 22.9. The van der Waals surface area contributed by atoms with Crippen molar-refractivity contribution in [2.24, 2.45) is 5.92 Å². The van der Waals surface area contributed by atoms with Crippen LogP contribution in [0.4, 0.5) is 11.5 Å². The Morgan fingerprint density at radius 1 is 0.923 bits per heavy atom. The Morgan fingerprint density at radius 2 is 1.51 bits per heavy atom. The summed E-state index contributed by atoms with van der Waals surface area (Å²) in [5, 5.41) is 15.2. The van der Waals surface area contributed by atoms with Crippen molar-refractivity contribution in [2.45, 2.75) is 39.2 Å². The van der Waals surface area contributed by atoms with Crippen LogP contribution < -0.4 is 15.5 Å². The maximum absolute atomic E-state index is 13.2.